The molecule has 0 bridgehead atoms. The molecular formula is C31H35ClFN7O. The van der Waals surface area contributed by atoms with Crippen molar-refractivity contribution in [3.63, 3.8) is 0 Å². The molecule has 10 heteroatoms. The molecule has 0 radical (unpaired) electrons. The Balaban J connectivity index is 1.69. The van der Waals surface area contributed by atoms with Gasteiger partial charge in [-0.2, -0.15) is 0 Å². The normalized spacial score (nSPS) is 17.1. The number of hydrogen-bond donors (Lipinski definition) is 0. The van der Waals surface area contributed by atoms with E-state index < -0.39 is 5.82 Å². The van der Waals surface area contributed by atoms with E-state index in [0.29, 0.717) is 41.7 Å². The van der Waals surface area contributed by atoms with Gasteiger partial charge in [-0.25, -0.2) is 24.3 Å². The Morgan fingerprint density at radius 3 is 2.39 bits per heavy atom. The Bertz CT molecular complexity index is 1500. The minimum Gasteiger partial charge on any atom is -0.350 e. The average molecular weight is 576 g/mol. The highest BCUT2D eigenvalue weighted by atomic mass is 35.5. The van der Waals surface area contributed by atoms with Crippen molar-refractivity contribution in [2.75, 3.05) is 31.2 Å². The summed E-state index contributed by atoms with van der Waals surface area (Å²) in [5.74, 6) is 1.12. The SMILES string of the molecule is C=CC(=O)N1CCN(C2=NCN(c3c(C(C)C)ncnc3C(C)C)c3nc(-c4ccccc4F)c(Cl)cc32)[C@@H](C)C1. The number of amidine groups is 1. The van der Waals surface area contributed by atoms with Crippen LogP contribution in [0.2, 0.25) is 5.02 Å². The number of halogens is 2. The number of carbonyl (C=O) groups is 1. The van der Waals surface area contributed by atoms with Crippen molar-refractivity contribution in [3.8, 4) is 11.3 Å². The Morgan fingerprint density at radius 2 is 1.78 bits per heavy atom. The molecule has 1 aromatic carbocycles. The molecule has 0 spiro atoms. The lowest BCUT2D eigenvalue weighted by molar-refractivity contribution is -0.128. The van der Waals surface area contributed by atoms with Crippen LogP contribution >= 0.6 is 11.6 Å². The number of pyridine rings is 1. The van der Waals surface area contributed by atoms with Crippen LogP contribution in [0.4, 0.5) is 15.9 Å². The van der Waals surface area contributed by atoms with Crippen molar-refractivity contribution in [1.82, 2.24) is 24.8 Å². The van der Waals surface area contributed by atoms with Crippen molar-refractivity contribution in [3.05, 3.63) is 77.1 Å². The maximum Gasteiger partial charge on any atom is 0.246 e. The number of anilines is 2. The van der Waals surface area contributed by atoms with E-state index in [4.69, 9.17) is 21.6 Å². The van der Waals surface area contributed by atoms with E-state index >= 15 is 0 Å². The summed E-state index contributed by atoms with van der Waals surface area (Å²) in [6.07, 6.45) is 2.96. The fourth-order valence-electron chi connectivity index (χ4n) is 5.53. The fraction of sp³-hybridized carbons (Fsp3) is 0.387. The monoisotopic (exact) mass is 575 g/mol. The van der Waals surface area contributed by atoms with Crippen LogP contribution in [-0.4, -0.2) is 68.8 Å². The number of amides is 1. The maximum atomic E-state index is 15.0. The van der Waals surface area contributed by atoms with Crippen LogP contribution in [0.15, 0.2) is 54.3 Å². The molecule has 0 N–H and O–H groups in total. The number of carbonyl (C=O) groups excluding carboxylic acids is 1. The van der Waals surface area contributed by atoms with Gasteiger partial charge in [0.1, 0.15) is 30.5 Å². The Kier molecular flexibility index (Phi) is 8.09. The molecule has 2 aliphatic rings. The number of hydrogen-bond acceptors (Lipinski definition) is 7. The van der Waals surface area contributed by atoms with E-state index in [1.54, 1.807) is 29.4 Å². The average Bonchev–Trinajstić information content (AvgIpc) is 2.96. The van der Waals surface area contributed by atoms with Gasteiger partial charge >= 0.3 is 0 Å². The van der Waals surface area contributed by atoms with Crippen LogP contribution in [0.3, 0.4) is 0 Å². The summed E-state index contributed by atoms with van der Waals surface area (Å²) in [4.78, 5) is 37.8. The lowest BCUT2D eigenvalue weighted by Gasteiger charge is -2.43. The molecule has 214 valence electrons. The third-order valence-electron chi connectivity index (χ3n) is 7.57. The summed E-state index contributed by atoms with van der Waals surface area (Å²) in [6, 6.07) is 8.32. The molecule has 5 rings (SSSR count). The highest BCUT2D eigenvalue weighted by Gasteiger charge is 2.35. The van der Waals surface area contributed by atoms with Crippen LogP contribution in [0.25, 0.3) is 11.3 Å². The molecular weight excluding hydrogens is 541 g/mol. The zero-order chi connectivity index (χ0) is 29.4. The molecule has 8 nitrogen and oxygen atoms in total. The maximum absolute atomic E-state index is 15.0. The van der Waals surface area contributed by atoms with E-state index in [9.17, 15) is 9.18 Å². The fourth-order valence-corrected chi connectivity index (χ4v) is 5.79. The van der Waals surface area contributed by atoms with Crippen LogP contribution in [-0.2, 0) is 4.79 Å². The van der Waals surface area contributed by atoms with Gasteiger partial charge in [-0.3, -0.25) is 4.79 Å². The third-order valence-corrected chi connectivity index (χ3v) is 7.86. The lowest BCUT2D eigenvalue weighted by Crippen LogP contribution is -2.56. The van der Waals surface area contributed by atoms with Gasteiger partial charge in [-0.05, 0) is 43.0 Å². The van der Waals surface area contributed by atoms with E-state index in [2.05, 4.69) is 56.1 Å². The quantitative estimate of drug-likeness (QED) is 0.339. The van der Waals surface area contributed by atoms with Gasteiger partial charge in [0.2, 0.25) is 5.91 Å². The van der Waals surface area contributed by atoms with Gasteiger partial charge in [0.15, 0.2) is 0 Å². The van der Waals surface area contributed by atoms with Gasteiger partial charge in [0, 0.05) is 31.2 Å². The zero-order valence-electron chi connectivity index (χ0n) is 24.1. The smallest absolute Gasteiger partial charge is 0.246 e. The molecule has 41 heavy (non-hydrogen) atoms. The van der Waals surface area contributed by atoms with Gasteiger partial charge in [-0.15, -0.1) is 0 Å². The predicted molar refractivity (Wildman–Crippen MR) is 161 cm³/mol. The first-order valence-corrected chi connectivity index (χ1v) is 14.3. The molecule has 1 amide bonds. The molecule has 1 fully saturated rings. The number of benzene rings is 1. The first kappa shape index (κ1) is 28.7. The number of piperazine rings is 1. The number of aliphatic imine (C=N–C) groups is 1. The van der Waals surface area contributed by atoms with E-state index in [1.807, 2.05) is 11.0 Å². The van der Waals surface area contributed by atoms with Gasteiger partial charge in [0.05, 0.1) is 33.4 Å². The molecule has 0 aliphatic carbocycles. The van der Waals surface area contributed by atoms with Crippen molar-refractivity contribution in [2.45, 2.75) is 52.5 Å². The summed E-state index contributed by atoms with van der Waals surface area (Å²) < 4.78 is 15.0. The molecule has 2 aliphatic heterocycles. The molecule has 4 heterocycles. The number of aromatic nitrogens is 3. The van der Waals surface area contributed by atoms with E-state index in [0.717, 1.165) is 28.5 Å². The first-order valence-electron chi connectivity index (χ1n) is 13.9. The highest BCUT2D eigenvalue weighted by molar-refractivity contribution is 6.33. The topological polar surface area (TPSA) is 77.8 Å². The zero-order valence-corrected chi connectivity index (χ0v) is 24.9. The number of nitrogens with zero attached hydrogens (tertiary/aromatic N) is 7. The standard InChI is InChI=1S/C31H35ClFN7O/c1-7-25(41)38-12-13-39(20(6)15-38)30-22-14-23(32)28(21-10-8-9-11-24(21)33)37-31(22)40(17-36-30)29-26(18(2)3)34-16-35-27(29)19(4)5/h7-11,14,16,18-20H,1,12-13,15,17H2,2-6H3/t20-/m0/s1. The van der Waals surface area contributed by atoms with Crippen molar-refractivity contribution in [1.29, 1.82) is 0 Å². The number of fused-ring (bicyclic) bond motifs is 1. The first-order chi connectivity index (χ1) is 19.6. The highest BCUT2D eigenvalue weighted by Crippen LogP contribution is 2.42. The summed E-state index contributed by atoms with van der Waals surface area (Å²) in [5.41, 5.74) is 4.07. The number of rotatable bonds is 5. The second-order valence-corrected chi connectivity index (χ2v) is 11.5. The van der Waals surface area contributed by atoms with Crippen LogP contribution in [0.1, 0.15) is 63.4 Å². The molecule has 3 aromatic rings. The molecule has 0 unspecified atom stereocenters. The summed E-state index contributed by atoms with van der Waals surface area (Å²) in [7, 11) is 0. The Labute approximate surface area is 245 Å². The van der Waals surface area contributed by atoms with Crippen molar-refractivity contribution < 1.29 is 9.18 Å². The molecule has 0 saturated carbocycles. The minimum atomic E-state index is -0.400. The molecule has 1 atom stereocenters. The second-order valence-electron chi connectivity index (χ2n) is 11.1. The van der Waals surface area contributed by atoms with Crippen LogP contribution in [0, 0.1) is 5.82 Å². The summed E-state index contributed by atoms with van der Waals surface area (Å²) in [6.45, 7) is 16.0. The predicted octanol–water partition coefficient (Wildman–Crippen LogP) is 6.15. The van der Waals surface area contributed by atoms with Crippen LogP contribution in [0.5, 0.6) is 0 Å². The minimum absolute atomic E-state index is 0.00618. The van der Waals surface area contributed by atoms with E-state index in [-0.39, 0.29) is 30.5 Å². The third kappa shape index (κ3) is 5.30. The van der Waals surface area contributed by atoms with E-state index in [1.165, 1.54) is 12.1 Å². The Hall–Kier alpha value is -3.85. The largest absolute Gasteiger partial charge is 0.350 e. The summed E-state index contributed by atoms with van der Waals surface area (Å²) in [5, 5.41) is 0.328. The molecule has 2 aromatic heterocycles. The second kappa shape index (κ2) is 11.6. The molecule has 1 saturated heterocycles. The Morgan fingerprint density at radius 1 is 1.10 bits per heavy atom. The van der Waals surface area contributed by atoms with Crippen molar-refractivity contribution >= 4 is 34.8 Å². The van der Waals surface area contributed by atoms with Gasteiger partial charge < -0.3 is 14.7 Å². The van der Waals surface area contributed by atoms with Gasteiger partial charge in [-0.1, -0.05) is 58.0 Å². The summed E-state index contributed by atoms with van der Waals surface area (Å²) >= 11 is 6.84. The van der Waals surface area contributed by atoms with Gasteiger partial charge in [0.25, 0.3) is 0 Å². The lowest BCUT2D eigenvalue weighted by atomic mass is 9.99. The van der Waals surface area contributed by atoms with Crippen LogP contribution < -0.4 is 4.90 Å². The van der Waals surface area contributed by atoms with Crippen molar-refractivity contribution in [2.24, 2.45) is 4.99 Å².